The first-order valence-corrected chi connectivity index (χ1v) is 19.1. The molecular formula is C42H58N6O4. The standard InChI is InChI=1S/2C19H23N3O2.2C2H6/c1-2-16-8-7-15(13-23)19(21-16)14-6-9-17(20-11-14)12-22-10-4-3-5-18(22)24;1-2-17-20-11-16(13-23)19(21-17)15-8-6-14(7-9-15)12-22-10-4-3-5-18(22)24;2*1-2/h2*6-9,11,23H,2-5,10,12-13H2,1H3;2*1-2H3. The number of hydrogen-bond donors (Lipinski definition) is 2. The molecule has 3 aromatic heterocycles. The van der Waals surface area contributed by atoms with Crippen LogP contribution in [0.5, 0.6) is 0 Å². The number of aliphatic hydroxyl groups is 2. The molecule has 2 saturated heterocycles. The maximum absolute atomic E-state index is 11.9. The van der Waals surface area contributed by atoms with Crippen LogP contribution < -0.4 is 0 Å². The first-order chi connectivity index (χ1) is 25.4. The minimum atomic E-state index is -0.0800. The molecule has 2 aliphatic rings. The van der Waals surface area contributed by atoms with Gasteiger partial charge in [0, 0.05) is 79.2 Å². The Hall–Kier alpha value is -4.54. The van der Waals surface area contributed by atoms with Crippen molar-refractivity contribution in [1.82, 2.24) is 29.7 Å². The molecule has 2 aliphatic heterocycles. The minimum absolute atomic E-state index is 0.0453. The van der Waals surface area contributed by atoms with Gasteiger partial charge in [0.1, 0.15) is 5.82 Å². The van der Waals surface area contributed by atoms with Crippen LogP contribution in [0.25, 0.3) is 22.5 Å². The van der Waals surface area contributed by atoms with Crippen molar-refractivity contribution in [1.29, 1.82) is 0 Å². The smallest absolute Gasteiger partial charge is 0.222 e. The molecule has 0 atom stereocenters. The van der Waals surface area contributed by atoms with Crippen LogP contribution in [0.2, 0.25) is 0 Å². The van der Waals surface area contributed by atoms with Gasteiger partial charge in [-0.25, -0.2) is 9.97 Å². The van der Waals surface area contributed by atoms with Crippen molar-refractivity contribution in [3.8, 4) is 22.5 Å². The highest BCUT2D eigenvalue weighted by molar-refractivity contribution is 5.77. The molecule has 0 aliphatic carbocycles. The molecule has 0 bridgehead atoms. The Bertz CT molecular complexity index is 1550. The van der Waals surface area contributed by atoms with Crippen LogP contribution in [0.15, 0.2) is 60.9 Å². The zero-order valence-electron chi connectivity index (χ0n) is 32.1. The molecule has 2 fully saturated rings. The summed E-state index contributed by atoms with van der Waals surface area (Å²) in [6, 6.07) is 15.9. The molecule has 5 heterocycles. The molecule has 280 valence electrons. The second-order valence-corrected chi connectivity index (χ2v) is 12.3. The van der Waals surface area contributed by atoms with Crippen molar-refractivity contribution in [2.45, 2.75) is 119 Å². The fraction of sp³-hybridized carbons (Fsp3) is 0.476. The number of piperidine rings is 2. The molecule has 0 saturated carbocycles. The van der Waals surface area contributed by atoms with E-state index in [1.54, 1.807) is 12.4 Å². The fourth-order valence-electron chi connectivity index (χ4n) is 5.98. The van der Waals surface area contributed by atoms with E-state index in [2.05, 4.69) is 26.9 Å². The van der Waals surface area contributed by atoms with Gasteiger partial charge in [-0.2, -0.15) is 0 Å². The predicted octanol–water partition coefficient (Wildman–Crippen LogP) is 7.47. The summed E-state index contributed by atoms with van der Waals surface area (Å²) >= 11 is 0. The average molecular weight is 711 g/mol. The van der Waals surface area contributed by atoms with Crippen molar-refractivity contribution in [3.63, 3.8) is 0 Å². The summed E-state index contributed by atoms with van der Waals surface area (Å²) in [5, 5.41) is 19.1. The molecule has 6 rings (SSSR count). The number of aryl methyl sites for hydroxylation is 2. The molecule has 10 heteroatoms. The lowest BCUT2D eigenvalue weighted by Crippen LogP contribution is -2.34. The SMILES string of the molecule is CC.CC.CCc1ccc(CO)c(-c2ccc(CN3CCCCC3=O)nc2)n1.CCc1ncc(CO)c(-c2ccc(CN3CCCCC3=O)cc2)n1. The van der Waals surface area contributed by atoms with Gasteiger partial charge in [-0.1, -0.05) is 71.9 Å². The minimum Gasteiger partial charge on any atom is -0.392 e. The maximum Gasteiger partial charge on any atom is 0.222 e. The summed E-state index contributed by atoms with van der Waals surface area (Å²) < 4.78 is 0. The highest BCUT2D eigenvalue weighted by Gasteiger charge is 2.20. The van der Waals surface area contributed by atoms with E-state index < -0.39 is 0 Å². The molecular weight excluding hydrogens is 652 g/mol. The molecule has 0 spiro atoms. The monoisotopic (exact) mass is 710 g/mol. The normalized spacial score (nSPS) is 14.0. The number of aromatic nitrogens is 4. The Balaban J connectivity index is 0.000000256. The Morgan fingerprint density at radius 1 is 0.596 bits per heavy atom. The number of amides is 2. The summed E-state index contributed by atoms with van der Waals surface area (Å²) in [4.78, 5) is 45.5. The highest BCUT2D eigenvalue weighted by atomic mass is 16.3. The van der Waals surface area contributed by atoms with Gasteiger partial charge in [0.05, 0.1) is 36.8 Å². The van der Waals surface area contributed by atoms with Crippen LogP contribution in [-0.4, -0.2) is 64.9 Å². The van der Waals surface area contributed by atoms with E-state index in [-0.39, 0.29) is 25.0 Å². The van der Waals surface area contributed by atoms with E-state index in [1.165, 1.54) is 0 Å². The van der Waals surface area contributed by atoms with Crippen molar-refractivity contribution >= 4 is 11.8 Å². The Labute approximate surface area is 310 Å². The lowest BCUT2D eigenvalue weighted by molar-refractivity contribution is -0.134. The zero-order valence-corrected chi connectivity index (χ0v) is 32.1. The number of carbonyl (C=O) groups is 2. The average Bonchev–Trinajstić information content (AvgIpc) is 3.21. The molecule has 2 amide bonds. The van der Waals surface area contributed by atoms with Gasteiger partial charge < -0.3 is 20.0 Å². The molecule has 0 unspecified atom stereocenters. The van der Waals surface area contributed by atoms with Crippen LogP contribution in [0.1, 0.15) is 114 Å². The maximum atomic E-state index is 11.9. The van der Waals surface area contributed by atoms with E-state index in [0.29, 0.717) is 25.9 Å². The number of pyridine rings is 2. The van der Waals surface area contributed by atoms with Crippen molar-refractivity contribution < 1.29 is 19.8 Å². The van der Waals surface area contributed by atoms with Gasteiger partial charge in [0.2, 0.25) is 11.8 Å². The summed E-state index contributed by atoms with van der Waals surface area (Å²) in [6.07, 6.45) is 10.5. The van der Waals surface area contributed by atoms with E-state index in [1.807, 2.05) is 92.9 Å². The second kappa shape index (κ2) is 22.4. The highest BCUT2D eigenvalue weighted by Crippen LogP contribution is 2.25. The number of benzene rings is 1. The molecule has 4 aromatic rings. The van der Waals surface area contributed by atoms with Gasteiger partial charge in [-0.05, 0) is 55.9 Å². The van der Waals surface area contributed by atoms with Crippen molar-refractivity contribution in [3.05, 3.63) is 94.8 Å². The van der Waals surface area contributed by atoms with Gasteiger partial charge in [-0.15, -0.1) is 0 Å². The van der Waals surface area contributed by atoms with Crippen LogP contribution in [0, 0.1) is 0 Å². The fourth-order valence-corrected chi connectivity index (χ4v) is 5.98. The van der Waals surface area contributed by atoms with Gasteiger partial charge in [0.25, 0.3) is 0 Å². The van der Waals surface area contributed by atoms with Crippen molar-refractivity contribution in [2.75, 3.05) is 13.1 Å². The first kappa shape index (κ1) is 41.9. The zero-order chi connectivity index (χ0) is 37.9. The van der Waals surface area contributed by atoms with E-state index in [4.69, 9.17) is 0 Å². The molecule has 10 nitrogen and oxygen atoms in total. The number of hydrogen-bond acceptors (Lipinski definition) is 8. The predicted molar refractivity (Wildman–Crippen MR) is 207 cm³/mol. The molecule has 1 aromatic carbocycles. The Morgan fingerprint density at radius 3 is 1.71 bits per heavy atom. The topological polar surface area (TPSA) is 133 Å². The van der Waals surface area contributed by atoms with Gasteiger partial charge in [-0.3, -0.25) is 19.6 Å². The van der Waals surface area contributed by atoms with Gasteiger partial charge in [0.15, 0.2) is 0 Å². The Kier molecular flexibility index (Phi) is 18.0. The van der Waals surface area contributed by atoms with E-state index >= 15 is 0 Å². The number of carbonyl (C=O) groups excluding carboxylic acids is 2. The second-order valence-electron chi connectivity index (χ2n) is 12.3. The summed E-state index contributed by atoms with van der Waals surface area (Å²) in [5.74, 6) is 1.23. The van der Waals surface area contributed by atoms with E-state index in [0.717, 1.165) is 108 Å². The third kappa shape index (κ3) is 11.7. The lowest BCUT2D eigenvalue weighted by atomic mass is 10.0. The summed E-state index contributed by atoms with van der Waals surface area (Å²) in [6.45, 7) is 14.8. The number of rotatable bonds is 10. The Morgan fingerprint density at radius 2 is 1.17 bits per heavy atom. The van der Waals surface area contributed by atoms with Crippen LogP contribution in [-0.2, 0) is 48.7 Å². The van der Waals surface area contributed by atoms with Crippen molar-refractivity contribution in [2.24, 2.45) is 0 Å². The van der Waals surface area contributed by atoms with Crippen LogP contribution >= 0.6 is 0 Å². The first-order valence-electron chi connectivity index (χ1n) is 19.1. The largest absolute Gasteiger partial charge is 0.392 e. The summed E-state index contributed by atoms with van der Waals surface area (Å²) in [7, 11) is 0. The van der Waals surface area contributed by atoms with Crippen LogP contribution in [0.4, 0.5) is 0 Å². The molecule has 2 N–H and O–H groups in total. The quantitative estimate of drug-likeness (QED) is 0.173. The van der Waals surface area contributed by atoms with Gasteiger partial charge >= 0.3 is 0 Å². The molecule has 0 radical (unpaired) electrons. The lowest BCUT2D eigenvalue weighted by Gasteiger charge is -2.26. The number of aliphatic hydroxyl groups excluding tert-OH is 2. The molecule has 52 heavy (non-hydrogen) atoms. The summed E-state index contributed by atoms with van der Waals surface area (Å²) in [5.41, 5.74) is 7.93. The van der Waals surface area contributed by atoms with E-state index in [9.17, 15) is 19.8 Å². The third-order valence-corrected chi connectivity index (χ3v) is 8.86. The number of nitrogens with zero attached hydrogens (tertiary/aromatic N) is 6. The van der Waals surface area contributed by atoms with Crippen LogP contribution in [0.3, 0.4) is 0 Å². The third-order valence-electron chi connectivity index (χ3n) is 8.86. The number of likely N-dealkylation sites (tertiary alicyclic amines) is 2.